The van der Waals surface area contributed by atoms with Gasteiger partial charge in [-0.05, 0) is 13.3 Å². The molecule has 0 bridgehead atoms. The highest BCUT2D eigenvalue weighted by Crippen LogP contribution is 2.13. The summed E-state index contributed by atoms with van der Waals surface area (Å²) in [6.45, 7) is 6.37. The lowest BCUT2D eigenvalue weighted by Gasteiger charge is -2.24. The summed E-state index contributed by atoms with van der Waals surface area (Å²) in [4.78, 5) is 16.9. The Hall–Kier alpha value is -2.16. The Morgan fingerprint density at radius 3 is 3.13 bits per heavy atom. The number of nitrogens with zero attached hydrogens (tertiary/aromatic N) is 5. The monoisotopic (exact) mass is 324 g/mol. The van der Waals surface area contributed by atoms with E-state index in [0.717, 1.165) is 38.7 Å². The summed E-state index contributed by atoms with van der Waals surface area (Å²) in [6.07, 6.45) is 3.75. The first kappa shape index (κ1) is 17.2. The maximum absolute atomic E-state index is 10.6. The van der Waals surface area contributed by atoms with Crippen molar-refractivity contribution in [2.75, 3.05) is 39.9 Å². The van der Waals surface area contributed by atoms with E-state index in [1.807, 2.05) is 14.0 Å². The molecule has 1 fully saturated rings. The lowest BCUT2D eigenvalue weighted by atomic mass is 10.1. The third-order valence-corrected chi connectivity index (χ3v) is 3.67. The van der Waals surface area contributed by atoms with Crippen LogP contribution in [0.2, 0.25) is 0 Å². The van der Waals surface area contributed by atoms with Gasteiger partial charge in [-0.3, -0.25) is 19.8 Å². The predicted molar refractivity (Wildman–Crippen MR) is 86.4 cm³/mol. The highest BCUT2D eigenvalue weighted by molar-refractivity contribution is 5.79. The first-order valence-electron chi connectivity index (χ1n) is 7.84. The number of guanidine groups is 1. The average Bonchev–Trinajstić information content (AvgIpc) is 3.17. The van der Waals surface area contributed by atoms with Crippen LogP contribution in [0, 0.1) is 16.0 Å². The van der Waals surface area contributed by atoms with E-state index in [1.54, 1.807) is 0 Å². The highest BCUT2D eigenvalue weighted by atomic mass is 16.6. The Balaban J connectivity index is 1.87. The molecule has 128 valence electrons. The largest absolute Gasteiger partial charge is 0.381 e. The molecule has 2 rings (SSSR count). The fourth-order valence-corrected chi connectivity index (χ4v) is 2.50. The molecule has 0 radical (unpaired) electrons. The fraction of sp³-hybridized carbons (Fsp3) is 0.714. The van der Waals surface area contributed by atoms with E-state index in [2.05, 4.69) is 20.3 Å². The molecule has 0 saturated carbocycles. The van der Waals surface area contributed by atoms with Gasteiger partial charge in [0, 0.05) is 32.7 Å². The third kappa shape index (κ3) is 5.20. The molecular weight excluding hydrogens is 300 g/mol. The Kier molecular flexibility index (Phi) is 6.33. The third-order valence-electron chi connectivity index (χ3n) is 3.67. The maximum Gasteiger partial charge on any atom is 0.306 e. The summed E-state index contributed by atoms with van der Waals surface area (Å²) >= 11 is 0. The van der Waals surface area contributed by atoms with Gasteiger partial charge in [0.15, 0.2) is 5.96 Å². The Morgan fingerprint density at radius 2 is 2.52 bits per heavy atom. The van der Waals surface area contributed by atoms with Crippen molar-refractivity contribution in [1.82, 2.24) is 20.0 Å². The Morgan fingerprint density at radius 1 is 1.70 bits per heavy atom. The van der Waals surface area contributed by atoms with Gasteiger partial charge in [-0.15, -0.1) is 0 Å². The molecule has 1 N–H and O–H groups in total. The van der Waals surface area contributed by atoms with Gasteiger partial charge in [-0.1, -0.05) is 0 Å². The smallest absolute Gasteiger partial charge is 0.306 e. The topological polar surface area (TPSA) is 97.8 Å². The molecular formula is C14H24N6O3. The summed E-state index contributed by atoms with van der Waals surface area (Å²) in [6, 6.07) is 0. The summed E-state index contributed by atoms with van der Waals surface area (Å²) < 4.78 is 6.94. The Bertz CT molecular complexity index is 538. The minimum atomic E-state index is -0.450. The SMILES string of the molecule is CCNC(=NCCn1cc([N+](=O)[O-])cn1)N(C)CC1CCOC1. The number of hydrogen-bond donors (Lipinski definition) is 1. The van der Waals surface area contributed by atoms with Crippen LogP contribution >= 0.6 is 0 Å². The van der Waals surface area contributed by atoms with Crippen molar-refractivity contribution in [3.05, 3.63) is 22.5 Å². The van der Waals surface area contributed by atoms with Crippen molar-refractivity contribution in [2.24, 2.45) is 10.9 Å². The second kappa shape index (κ2) is 8.47. The van der Waals surface area contributed by atoms with Gasteiger partial charge in [-0.2, -0.15) is 5.10 Å². The van der Waals surface area contributed by atoms with Crippen LogP contribution in [0.25, 0.3) is 0 Å². The van der Waals surface area contributed by atoms with Crippen LogP contribution in [0.4, 0.5) is 5.69 Å². The standard InChI is InChI=1S/C14H24N6O3/c1-3-15-14(18(2)9-12-4-7-23-11-12)16-5-6-19-10-13(8-17-19)20(21)22/h8,10,12H,3-7,9,11H2,1-2H3,(H,15,16). The van der Waals surface area contributed by atoms with Gasteiger partial charge >= 0.3 is 5.69 Å². The minimum absolute atomic E-state index is 0.000706. The molecule has 0 spiro atoms. The lowest BCUT2D eigenvalue weighted by molar-refractivity contribution is -0.385. The Labute approximate surface area is 135 Å². The van der Waals surface area contributed by atoms with Crippen LogP contribution in [-0.2, 0) is 11.3 Å². The van der Waals surface area contributed by atoms with Gasteiger partial charge in [-0.25, -0.2) is 0 Å². The number of ether oxygens (including phenoxy) is 1. The van der Waals surface area contributed by atoms with Gasteiger partial charge in [0.25, 0.3) is 0 Å². The van der Waals surface area contributed by atoms with Crippen LogP contribution in [0.3, 0.4) is 0 Å². The summed E-state index contributed by atoms with van der Waals surface area (Å²) in [5.74, 6) is 1.37. The van der Waals surface area contributed by atoms with Crippen LogP contribution < -0.4 is 5.32 Å². The van der Waals surface area contributed by atoms with E-state index in [1.165, 1.54) is 17.1 Å². The number of hydrogen-bond acceptors (Lipinski definition) is 5. The van der Waals surface area contributed by atoms with Crippen LogP contribution in [-0.4, -0.2) is 65.5 Å². The summed E-state index contributed by atoms with van der Waals surface area (Å²) in [5, 5.41) is 17.9. The van der Waals surface area contributed by atoms with Crippen LogP contribution in [0.5, 0.6) is 0 Å². The zero-order valence-corrected chi connectivity index (χ0v) is 13.6. The maximum atomic E-state index is 10.6. The van der Waals surface area contributed by atoms with Crippen molar-refractivity contribution < 1.29 is 9.66 Å². The van der Waals surface area contributed by atoms with Crippen molar-refractivity contribution in [3.63, 3.8) is 0 Å². The quantitative estimate of drug-likeness (QED) is 0.343. The predicted octanol–water partition coefficient (Wildman–Crippen LogP) is 0.725. The molecule has 1 atom stereocenters. The zero-order valence-electron chi connectivity index (χ0n) is 13.6. The first-order valence-corrected chi connectivity index (χ1v) is 7.84. The normalized spacial score (nSPS) is 18.2. The highest BCUT2D eigenvalue weighted by Gasteiger charge is 2.19. The lowest BCUT2D eigenvalue weighted by Crippen LogP contribution is -2.41. The number of rotatable bonds is 7. The molecule has 23 heavy (non-hydrogen) atoms. The van der Waals surface area contributed by atoms with E-state index < -0.39 is 4.92 Å². The number of aromatic nitrogens is 2. The molecule has 2 heterocycles. The van der Waals surface area contributed by atoms with E-state index in [9.17, 15) is 10.1 Å². The van der Waals surface area contributed by atoms with E-state index in [-0.39, 0.29) is 5.69 Å². The number of aliphatic imine (C=N–C) groups is 1. The van der Waals surface area contributed by atoms with Crippen LogP contribution in [0.15, 0.2) is 17.4 Å². The van der Waals surface area contributed by atoms with Crippen molar-refractivity contribution in [1.29, 1.82) is 0 Å². The molecule has 9 heteroatoms. The van der Waals surface area contributed by atoms with E-state index in [0.29, 0.717) is 19.0 Å². The second-order valence-electron chi connectivity index (χ2n) is 5.56. The van der Waals surface area contributed by atoms with Crippen molar-refractivity contribution in [3.8, 4) is 0 Å². The minimum Gasteiger partial charge on any atom is -0.381 e. The van der Waals surface area contributed by atoms with Gasteiger partial charge in [0.1, 0.15) is 12.4 Å². The van der Waals surface area contributed by atoms with Gasteiger partial charge in [0.2, 0.25) is 0 Å². The summed E-state index contributed by atoms with van der Waals surface area (Å²) in [7, 11) is 2.01. The zero-order chi connectivity index (χ0) is 16.7. The first-order chi connectivity index (χ1) is 11.1. The molecule has 1 aromatic heterocycles. The molecule has 0 aliphatic carbocycles. The fourth-order valence-electron chi connectivity index (χ4n) is 2.50. The second-order valence-corrected chi connectivity index (χ2v) is 5.56. The van der Waals surface area contributed by atoms with Gasteiger partial charge < -0.3 is 15.0 Å². The number of nitrogens with one attached hydrogen (secondary N) is 1. The molecule has 1 saturated heterocycles. The van der Waals surface area contributed by atoms with E-state index in [4.69, 9.17) is 4.74 Å². The average molecular weight is 324 g/mol. The molecule has 9 nitrogen and oxygen atoms in total. The van der Waals surface area contributed by atoms with Crippen molar-refractivity contribution >= 4 is 11.6 Å². The summed E-state index contributed by atoms with van der Waals surface area (Å²) in [5.41, 5.74) is -0.000706. The van der Waals surface area contributed by atoms with Gasteiger partial charge in [0.05, 0.1) is 24.6 Å². The van der Waals surface area contributed by atoms with Crippen LogP contribution in [0.1, 0.15) is 13.3 Å². The molecule has 0 amide bonds. The van der Waals surface area contributed by atoms with Crippen molar-refractivity contribution in [2.45, 2.75) is 19.9 Å². The molecule has 0 aromatic carbocycles. The van der Waals surface area contributed by atoms with E-state index >= 15 is 0 Å². The molecule has 1 unspecified atom stereocenters. The molecule has 1 aliphatic rings. The number of nitro groups is 1. The molecule has 1 aromatic rings. The molecule has 1 aliphatic heterocycles.